The Bertz CT molecular complexity index is 687. The van der Waals surface area contributed by atoms with Crippen molar-refractivity contribution in [2.24, 2.45) is 17.8 Å². The highest BCUT2D eigenvalue weighted by Crippen LogP contribution is 2.54. The van der Waals surface area contributed by atoms with E-state index in [1.54, 1.807) is 85.3 Å². The van der Waals surface area contributed by atoms with Gasteiger partial charge in [0, 0.05) is 108 Å². The zero-order valence-corrected chi connectivity index (χ0v) is 30.6. The predicted molar refractivity (Wildman–Crippen MR) is 159 cm³/mol. The van der Waals surface area contributed by atoms with Gasteiger partial charge in [0.05, 0.1) is 0 Å². The van der Waals surface area contributed by atoms with Gasteiger partial charge in [0.25, 0.3) is 0 Å². The Kier molecular flexibility index (Phi) is 16.6. The fourth-order valence-electron chi connectivity index (χ4n) is 6.46. The first kappa shape index (κ1) is 38.2. The van der Waals surface area contributed by atoms with Gasteiger partial charge in [-0.25, -0.2) is 0 Å². The number of rotatable bonds is 21. The largest absolute Gasteiger partial charge is 0.503 e. The Labute approximate surface area is 246 Å². The quantitative estimate of drug-likeness (QED) is 0.135. The summed E-state index contributed by atoms with van der Waals surface area (Å²) in [6, 6.07) is 0.960. The fourth-order valence-corrected chi connectivity index (χ4v) is 18.3. The molecule has 1 aliphatic rings. The van der Waals surface area contributed by atoms with Crippen LogP contribution >= 0.6 is 0 Å². The first-order chi connectivity index (χ1) is 19.1. The molecule has 40 heavy (non-hydrogen) atoms. The maximum absolute atomic E-state index is 6.03. The molecular formula is C24H54O12Si4. The summed E-state index contributed by atoms with van der Waals surface area (Å²) < 4.78 is 71.1. The molecule has 0 aliphatic heterocycles. The average Bonchev–Trinajstić information content (AvgIpc) is 3.02. The van der Waals surface area contributed by atoms with Crippen molar-refractivity contribution in [2.45, 2.75) is 42.4 Å². The molecule has 0 N–H and O–H groups in total. The van der Waals surface area contributed by atoms with E-state index in [4.69, 9.17) is 53.1 Å². The van der Waals surface area contributed by atoms with Gasteiger partial charge in [0.15, 0.2) is 0 Å². The molecule has 238 valence electrons. The number of hydrogen-bond acceptors (Lipinski definition) is 12. The molecule has 5 atom stereocenters. The lowest BCUT2D eigenvalue weighted by molar-refractivity contribution is 0.0614. The lowest BCUT2D eigenvalue weighted by Gasteiger charge is -2.48. The second-order valence-corrected chi connectivity index (χ2v) is 22.1. The molecule has 0 spiro atoms. The maximum Gasteiger partial charge on any atom is 0.503 e. The molecule has 0 aromatic heterocycles. The van der Waals surface area contributed by atoms with E-state index < -0.39 is 35.2 Å². The molecule has 0 aromatic carbocycles. The second kappa shape index (κ2) is 17.4. The molecule has 0 aromatic rings. The van der Waals surface area contributed by atoms with Crippen LogP contribution in [-0.2, 0) is 53.1 Å². The molecule has 0 heterocycles. The second-order valence-electron chi connectivity index (χ2n) is 9.78. The lowest BCUT2D eigenvalue weighted by atomic mass is 9.72. The Morgan fingerprint density at radius 3 is 1.23 bits per heavy atom. The summed E-state index contributed by atoms with van der Waals surface area (Å²) in [7, 11) is 7.08. The summed E-state index contributed by atoms with van der Waals surface area (Å²) in [5.41, 5.74) is -0.304. The van der Waals surface area contributed by atoms with E-state index in [0.29, 0.717) is 12.1 Å². The Morgan fingerprint density at radius 1 is 0.550 bits per heavy atom. The van der Waals surface area contributed by atoms with E-state index in [-0.39, 0.29) is 28.8 Å². The van der Waals surface area contributed by atoms with Crippen LogP contribution in [0.5, 0.6) is 0 Å². The first-order valence-electron chi connectivity index (χ1n) is 13.3. The third-order valence-corrected chi connectivity index (χ3v) is 21.8. The van der Waals surface area contributed by atoms with Crippen LogP contribution in [0.3, 0.4) is 0 Å². The summed E-state index contributed by atoms with van der Waals surface area (Å²) in [6.07, 6.45) is 4.49. The molecule has 12 nitrogen and oxygen atoms in total. The molecule has 0 saturated heterocycles. The van der Waals surface area contributed by atoms with Gasteiger partial charge in [-0.05, 0) is 37.0 Å². The molecule has 1 fully saturated rings. The van der Waals surface area contributed by atoms with Crippen molar-refractivity contribution in [3.8, 4) is 0 Å². The topological polar surface area (TPSA) is 111 Å². The highest BCUT2D eigenvalue weighted by molar-refractivity contribution is 6.68. The molecule has 5 unspecified atom stereocenters. The standard InChI is InChI=1S/C24H54O12Si4/c1-14-20-17-21(23(39(31-8,32-9)33-10)18-37(25-2,26-3)27-4)15-16-22(20)24(40(34-11,35-12)36-13)19-38(28-5,29-6)30-7/h14,20-24H,1,15-19H2,2-13H3. The average molecular weight is 647 g/mol. The molecule has 16 heteroatoms. The molecule has 0 bridgehead atoms. The van der Waals surface area contributed by atoms with E-state index in [2.05, 4.69) is 6.58 Å². The Balaban J connectivity index is 3.59. The number of allylic oxidation sites excluding steroid dienone is 1. The van der Waals surface area contributed by atoms with E-state index in [1.807, 2.05) is 6.08 Å². The van der Waals surface area contributed by atoms with E-state index in [1.165, 1.54) is 0 Å². The third-order valence-electron chi connectivity index (χ3n) is 8.81. The van der Waals surface area contributed by atoms with Crippen LogP contribution in [0.1, 0.15) is 19.3 Å². The molecule has 0 radical (unpaired) electrons. The van der Waals surface area contributed by atoms with Crippen LogP contribution in [0.4, 0.5) is 0 Å². The van der Waals surface area contributed by atoms with E-state index >= 15 is 0 Å². The fraction of sp³-hybridized carbons (Fsp3) is 0.917. The van der Waals surface area contributed by atoms with Gasteiger partial charge >= 0.3 is 35.2 Å². The number of hydrogen-bond donors (Lipinski definition) is 0. The van der Waals surface area contributed by atoms with Gasteiger partial charge in [0.2, 0.25) is 0 Å². The minimum atomic E-state index is -3.18. The van der Waals surface area contributed by atoms with Crippen LogP contribution in [0, 0.1) is 17.8 Å². The monoisotopic (exact) mass is 646 g/mol. The van der Waals surface area contributed by atoms with Crippen LogP contribution in [0.25, 0.3) is 0 Å². The molecular weight excluding hydrogens is 593 g/mol. The van der Waals surface area contributed by atoms with Crippen molar-refractivity contribution < 1.29 is 53.1 Å². The molecule has 1 saturated carbocycles. The van der Waals surface area contributed by atoms with Crippen molar-refractivity contribution in [1.82, 2.24) is 0 Å². The van der Waals surface area contributed by atoms with Crippen molar-refractivity contribution in [1.29, 1.82) is 0 Å². The molecule has 0 amide bonds. The normalized spacial score (nSPS) is 22.8. The smallest absolute Gasteiger partial charge is 0.377 e. The van der Waals surface area contributed by atoms with Crippen molar-refractivity contribution in [3.05, 3.63) is 12.7 Å². The summed E-state index contributed by atoms with van der Waals surface area (Å²) in [4.78, 5) is 0. The van der Waals surface area contributed by atoms with Crippen molar-refractivity contribution in [2.75, 3.05) is 85.3 Å². The Hall–Kier alpha value is 0.128. The van der Waals surface area contributed by atoms with Gasteiger partial charge in [-0.15, -0.1) is 6.58 Å². The highest BCUT2D eigenvalue weighted by atomic mass is 28.4. The molecule has 1 aliphatic carbocycles. The zero-order chi connectivity index (χ0) is 30.6. The molecule has 1 rings (SSSR count). The highest BCUT2D eigenvalue weighted by Gasteiger charge is 2.61. The van der Waals surface area contributed by atoms with E-state index in [0.717, 1.165) is 19.3 Å². The lowest BCUT2D eigenvalue weighted by Crippen LogP contribution is -2.57. The van der Waals surface area contributed by atoms with Gasteiger partial charge in [0.1, 0.15) is 0 Å². The minimum absolute atomic E-state index is 0.0804. The van der Waals surface area contributed by atoms with Crippen LogP contribution in [-0.4, -0.2) is 121 Å². The van der Waals surface area contributed by atoms with Crippen LogP contribution < -0.4 is 0 Å². The summed E-state index contributed by atoms with van der Waals surface area (Å²) in [5, 5.41) is 0. The van der Waals surface area contributed by atoms with Gasteiger partial charge in [-0.2, -0.15) is 0 Å². The van der Waals surface area contributed by atoms with Gasteiger partial charge in [-0.1, -0.05) is 6.08 Å². The zero-order valence-electron chi connectivity index (χ0n) is 26.6. The third kappa shape index (κ3) is 7.99. The summed E-state index contributed by atoms with van der Waals surface area (Å²) in [5.74, 6) is 0.333. The van der Waals surface area contributed by atoms with Crippen molar-refractivity contribution in [3.63, 3.8) is 0 Å². The first-order valence-corrected chi connectivity index (χ1v) is 20.8. The SMILES string of the molecule is C=CC1CC(C(C[Si](OC)(OC)OC)[Si](OC)(OC)OC)CCC1C(C[Si](OC)(OC)OC)[Si](OC)(OC)OC. The van der Waals surface area contributed by atoms with E-state index in [9.17, 15) is 0 Å². The van der Waals surface area contributed by atoms with Crippen molar-refractivity contribution >= 4 is 35.2 Å². The Morgan fingerprint density at radius 2 is 0.900 bits per heavy atom. The van der Waals surface area contributed by atoms with Gasteiger partial charge < -0.3 is 53.1 Å². The van der Waals surface area contributed by atoms with Crippen LogP contribution in [0.15, 0.2) is 12.7 Å². The van der Waals surface area contributed by atoms with Gasteiger partial charge in [-0.3, -0.25) is 0 Å². The maximum atomic E-state index is 6.03. The minimum Gasteiger partial charge on any atom is -0.377 e. The summed E-state index contributed by atoms with van der Waals surface area (Å²) >= 11 is 0. The predicted octanol–water partition coefficient (Wildman–Crippen LogP) is 3.46. The summed E-state index contributed by atoms with van der Waals surface area (Å²) in [6.45, 7) is 4.24. The van der Waals surface area contributed by atoms with Crippen LogP contribution in [0.2, 0.25) is 23.2 Å².